The van der Waals surface area contributed by atoms with Gasteiger partial charge in [0.15, 0.2) is 0 Å². The van der Waals surface area contributed by atoms with Crippen LogP contribution in [0.25, 0.3) is 11.1 Å². The summed E-state index contributed by atoms with van der Waals surface area (Å²) in [5, 5.41) is 3.07. The second-order valence-electron chi connectivity index (χ2n) is 9.72. The first-order chi connectivity index (χ1) is 17.6. The molecule has 2 fully saturated rings. The van der Waals surface area contributed by atoms with Crippen LogP contribution < -0.4 is 10.2 Å². The molecule has 7 heteroatoms. The number of nitrogens with one attached hydrogen (secondary N) is 1. The zero-order valence-corrected chi connectivity index (χ0v) is 20.8. The molecule has 2 amide bonds. The molecular formula is C29H33N5O2. The molecule has 5 rings (SSSR count). The van der Waals surface area contributed by atoms with Gasteiger partial charge in [0.25, 0.3) is 5.91 Å². The van der Waals surface area contributed by atoms with Crippen molar-refractivity contribution in [3.63, 3.8) is 0 Å². The van der Waals surface area contributed by atoms with Crippen molar-refractivity contribution in [2.24, 2.45) is 5.92 Å². The lowest BCUT2D eigenvalue weighted by atomic mass is 9.96. The number of piperidine rings is 1. The van der Waals surface area contributed by atoms with Gasteiger partial charge in [0.05, 0.1) is 5.92 Å². The molecule has 2 saturated heterocycles. The maximum absolute atomic E-state index is 13.3. The number of anilines is 2. The Kier molecular flexibility index (Phi) is 7.28. The fourth-order valence-corrected chi connectivity index (χ4v) is 4.99. The van der Waals surface area contributed by atoms with Crippen molar-refractivity contribution in [2.75, 3.05) is 56.5 Å². The summed E-state index contributed by atoms with van der Waals surface area (Å²) in [5.41, 5.74) is 4.41. The number of aromatic nitrogens is 1. The Morgan fingerprint density at radius 1 is 0.889 bits per heavy atom. The largest absolute Gasteiger partial charge is 0.369 e. The van der Waals surface area contributed by atoms with Crippen molar-refractivity contribution in [1.29, 1.82) is 0 Å². The lowest BCUT2D eigenvalue weighted by Gasteiger charge is -2.34. The van der Waals surface area contributed by atoms with Crippen molar-refractivity contribution in [2.45, 2.75) is 12.8 Å². The monoisotopic (exact) mass is 483 g/mol. The molecule has 0 bridgehead atoms. The molecular weight excluding hydrogens is 450 g/mol. The number of pyridine rings is 1. The van der Waals surface area contributed by atoms with Crippen LogP contribution in [0, 0.1) is 5.92 Å². The van der Waals surface area contributed by atoms with Crippen molar-refractivity contribution in [3.8, 4) is 11.1 Å². The first-order valence-corrected chi connectivity index (χ1v) is 12.7. The van der Waals surface area contributed by atoms with Gasteiger partial charge in [-0.25, -0.2) is 0 Å². The number of nitrogens with zero attached hydrogens (tertiary/aromatic N) is 4. The van der Waals surface area contributed by atoms with Gasteiger partial charge in [0, 0.05) is 56.8 Å². The quantitative estimate of drug-likeness (QED) is 0.594. The molecule has 36 heavy (non-hydrogen) atoms. The summed E-state index contributed by atoms with van der Waals surface area (Å²) in [6.45, 7) is 4.93. The van der Waals surface area contributed by atoms with Crippen molar-refractivity contribution in [1.82, 2.24) is 14.8 Å². The van der Waals surface area contributed by atoms with E-state index in [1.807, 2.05) is 54.6 Å². The fourth-order valence-electron chi connectivity index (χ4n) is 4.99. The third-order valence-corrected chi connectivity index (χ3v) is 7.15. The number of benzene rings is 2. The van der Waals surface area contributed by atoms with E-state index in [-0.39, 0.29) is 17.7 Å². The maximum Gasteiger partial charge on any atom is 0.272 e. The number of likely N-dealkylation sites (N-methyl/N-ethyl adjacent to an activating group) is 1. The van der Waals surface area contributed by atoms with Crippen LogP contribution >= 0.6 is 0 Å². The highest BCUT2D eigenvalue weighted by atomic mass is 16.2. The summed E-state index contributed by atoms with van der Waals surface area (Å²) in [5.74, 6) is -0.393. The summed E-state index contributed by atoms with van der Waals surface area (Å²) >= 11 is 0. The van der Waals surface area contributed by atoms with Gasteiger partial charge in [-0.15, -0.1) is 0 Å². The summed E-state index contributed by atoms with van der Waals surface area (Å²) < 4.78 is 0. The Bertz CT molecular complexity index is 1210. The molecule has 0 unspecified atom stereocenters. The minimum absolute atomic E-state index is 0.0446. The summed E-state index contributed by atoms with van der Waals surface area (Å²) in [4.78, 5) is 37.2. The minimum Gasteiger partial charge on any atom is -0.369 e. The average Bonchev–Trinajstić information content (AvgIpc) is 2.94. The molecule has 186 valence electrons. The Morgan fingerprint density at radius 2 is 1.67 bits per heavy atom. The number of hydrogen-bond acceptors (Lipinski definition) is 5. The standard InChI is InChI=1S/C29H33N5O2/c1-32-15-17-33(18-16-32)26-12-13-30-27(20-26)29(36)34-14-6-10-24(21-34)28(35)31-25-11-5-9-23(19-25)22-7-3-2-4-8-22/h2-5,7-9,11-13,19-20,24H,6,10,14-18,21H2,1H3,(H,31,35)/t24-/m0/s1. The zero-order valence-electron chi connectivity index (χ0n) is 20.8. The van der Waals surface area contributed by atoms with Crippen molar-refractivity contribution in [3.05, 3.63) is 78.6 Å². The average molecular weight is 484 g/mol. The fraction of sp³-hybridized carbons (Fsp3) is 0.345. The highest BCUT2D eigenvalue weighted by Crippen LogP contribution is 2.25. The molecule has 0 aliphatic carbocycles. The van der Waals surface area contributed by atoms with Crippen LogP contribution in [-0.4, -0.2) is 72.9 Å². The Morgan fingerprint density at radius 3 is 2.47 bits per heavy atom. The molecule has 0 spiro atoms. The number of carbonyl (C=O) groups excluding carboxylic acids is 2. The van der Waals surface area contributed by atoms with Gasteiger partial charge in [0.2, 0.25) is 5.91 Å². The van der Waals surface area contributed by atoms with Gasteiger partial charge < -0.3 is 20.0 Å². The lowest BCUT2D eigenvalue weighted by molar-refractivity contribution is -0.121. The SMILES string of the molecule is CN1CCN(c2ccnc(C(=O)N3CCC[C@H](C(=O)Nc4cccc(-c5ccccc5)c4)C3)c2)CC1. The van der Waals surface area contributed by atoms with Crippen LogP contribution in [0.4, 0.5) is 11.4 Å². The highest BCUT2D eigenvalue weighted by Gasteiger charge is 2.30. The first kappa shape index (κ1) is 24.0. The smallest absolute Gasteiger partial charge is 0.272 e. The second-order valence-corrected chi connectivity index (χ2v) is 9.72. The van der Waals surface area contributed by atoms with Gasteiger partial charge in [-0.05, 0) is 55.3 Å². The molecule has 0 saturated carbocycles. The Labute approximate surface area is 212 Å². The molecule has 1 atom stereocenters. The Balaban J connectivity index is 1.23. The van der Waals surface area contributed by atoms with E-state index in [0.717, 1.165) is 61.5 Å². The van der Waals surface area contributed by atoms with Gasteiger partial charge in [-0.3, -0.25) is 14.6 Å². The van der Waals surface area contributed by atoms with E-state index >= 15 is 0 Å². The van der Waals surface area contributed by atoms with E-state index in [1.54, 1.807) is 11.1 Å². The van der Waals surface area contributed by atoms with Gasteiger partial charge >= 0.3 is 0 Å². The van der Waals surface area contributed by atoms with E-state index in [0.29, 0.717) is 18.8 Å². The number of piperazine rings is 1. The lowest BCUT2D eigenvalue weighted by Crippen LogP contribution is -2.45. The molecule has 7 nitrogen and oxygen atoms in total. The third-order valence-electron chi connectivity index (χ3n) is 7.15. The van der Waals surface area contributed by atoms with E-state index in [9.17, 15) is 9.59 Å². The molecule has 1 aromatic heterocycles. The molecule has 3 aromatic rings. The van der Waals surface area contributed by atoms with Gasteiger partial charge in [0.1, 0.15) is 5.69 Å². The summed E-state index contributed by atoms with van der Waals surface area (Å²) in [6, 6.07) is 21.9. The molecule has 1 N–H and O–H groups in total. The minimum atomic E-state index is -0.246. The summed E-state index contributed by atoms with van der Waals surface area (Å²) in [7, 11) is 2.13. The number of hydrogen-bond donors (Lipinski definition) is 1. The van der Waals surface area contributed by atoms with Gasteiger partial charge in [-0.2, -0.15) is 0 Å². The van der Waals surface area contributed by atoms with E-state index in [1.165, 1.54) is 0 Å². The van der Waals surface area contributed by atoms with Crippen LogP contribution in [-0.2, 0) is 4.79 Å². The van der Waals surface area contributed by atoms with Crippen molar-refractivity contribution < 1.29 is 9.59 Å². The summed E-state index contributed by atoms with van der Waals surface area (Å²) in [6.07, 6.45) is 3.28. The van der Waals surface area contributed by atoms with E-state index < -0.39 is 0 Å². The Hall–Kier alpha value is -3.71. The maximum atomic E-state index is 13.3. The van der Waals surface area contributed by atoms with Crippen LogP contribution in [0.2, 0.25) is 0 Å². The molecule has 3 heterocycles. The number of rotatable bonds is 5. The van der Waals surface area contributed by atoms with Crippen molar-refractivity contribution >= 4 is 23.2 Å². The predicted octanol–water partition coefficient (Wildman–Crippen LogP) is 3.99. The van der Waals surface area contributed by atoms with E-state index in [2.05, 4.69) is 39.3 Å². The van der Waals surface area contributed by atoms with Crippen LogP contribution in [0.15, 0.2) is 72.9 Å². The highest BCUT2D eigenvalue weighted by molar-refractivity contribution is 5.96. The molecule has 2 aromatic carbocycles. The van der Waals surface area contributed by atoms with Crippen LogP contribution in [0.5, 0.6) is 0 Å². The van der Waals surface area contributed by atoms with E-state index in [4.69, 9.17) is 0 Å². The normalized spacial score (nSPS) is 18.6. The van der Waals surface area contributed by atoms with Crippen LogP contribution in [0.1, 0.15) is 23.3 Å². The second kappa shape index (κ2) is 10.9. The first-order valence-electron chi connectivity index (χ1n) is 12.7. The number of amides is 2. The molecule has 2 aliphatic rings. The third kappa shape index (κ3) is 5.57. The molecule has 2 aliphatic heterocycles. The van der Waals surface area contributed by atoms with Gasteiger partial charge in [-0.1, -0.05) is 42.5 Å². The number of likely N-dealkylation sites (tertiary alicyclic amines) is 1. The van der Waals surface area contributed by atoms with Crippen LogP contribution in [0.3, 0.4) is 0 Å². The predicted molar refractivity (Wildman–Crippen MR) is 143 cm³/mol. The topological polar surface area (TPSA) is 68.8 Å². The molecule has 0 radical (unpaired) electrons. The number of carbonyl (C=O) groups is 2. The zero-order chi connectivity index (χ0) is 24.9.